The number of aliphatic carboxylic acids is 1. The molecule has 0 spiro atoms. The number of fused-ring (bicyclic) bond motifs is 1. The van der Waals surface area contributed by atoms with Crippen molar-refractivity contribution in [1.29, 1.82) is 0 Å². The predicted molar refractivity (Wildman–Crippen MR) is 125 cm³/mol. The van der Waals surface area contributed by atoms with Gasteiger partial charge in [0.05, 0.1) is 11.6 Å². The normalized spacial score (nSPS) is 22.6. The highest BCUT2D eigenvalue weighted by molar-refractivity contribution is 5.93. The molecular weight excluding hydrogens is 435 g/mol. The number of rotatable bonds is 5. The lowest BCUT2D eigenvalue weighted by Crippen LogP contribution is -2.38. The molecule has 1 saturated heterocycles. The van der Waals surface area contributed by atoms with Gasteiger partial charge < -0.3 is 10.0 Å². The van der Waals surface area contributed by atoms with Crippen LogP contribution in [0.15, 0.2) is 30.3 Å². The molecule has 1 unspecified atom stereocenters. The first-order valence-corrected chi connectivity index (χ1v) is 12.1. The highest BCUT2D eigenvalue weighted by atomic mass is 19.1. The standard InChI is InChI=1S/C26H29FN4O3/c1-3-17-12-23(25(32)30-10-6-4-5-7-15(30)2)28-24-14-22(29-31(17)24)18-9-8-16(11-21(18)27)19-13-20(19)26(33)34/h8-9,11-12,14-15,19-20H,3-7,10,13H2,1-2H3,(H,33,34)/t15-,19?,20-/m1/s1. The van der Waals surface area contributed by atoms with Gasteiger partial charge >= 0.3 is 5.97 Å². The maximum Gasteiger partial charge on any atom is 0.307 e. The van der Waals surface area contributed by atoms with Gasteiger partial charge in [-0.05, 0) is 62.3 Å². The molecule has 3 aromatic rings. The van der Waals surface area contributed by atoms with Crippen LogP contribution >= 0.6 is 0 Å². The van der Waals surface area contributed by atoms with Crippen molar-refractivity contribution < 1.29 is 19.1 Å². The fraction of sp³-hybridized carbons (Fsp3) is 0.462. The minimum atomic E-state index is -0.840. The second-order valence-corrected chi connectivity index (χ2v) is 9.51. The van der Waals surface area contributed by atoms with Crippen LogP contribution in [0.25, 0.3) is 16.9 Å². The third-order valence-electron chi connectivity index (χ3n) is 7.20. The predicted octanol–water partition coefficient (Wildman–Crippen LogP) is 4.69. The molecule has 3 heterocycles. The topological polar surface area (TPSA) is 87.8 Å². The van der Waals surface area contributed by atoms with Crippen LogP contribution in [0.3, 0.4) is 0 Å². The van der Waals surface area contributed by atoms with Crippen LogP contribution in [0.2, 0.25) is 0 Å². The van der Waals surface area contributed by atoms with Gasteiger partial charge in [0.25, 0.3) is 5.91 Å². The van der Waals surface area contributed by atoms with E-state index in [1.165, 1.54) is 6.07 Å². The molecule has 1 aliphatic carbocycles. The van der Waals surface area contributed by atoms with E-state index in [0.29, 0.717) is 41.0 Å². The first-order valence-electron chi connectivity index (χ1n) is 12.1. The third-order valence-corrected chi connectivity index (χ3v) is 7.20. The Morgan fingerprint density at radius 3 is 2.71 bits per heavy atom. The summed E-state index contributed by atoms with van der Waals surface area (Å²) in [6, 6.07) is 8.52. The number of hydrogen-bond acceptors (Lipinski definition) is 4. The molecule has 2 aromatic heterocycles. The maximum atomic E-state index is 15.0. The van der Waals surface area contributed by atoms with E-state index in [1.54, 1.807) is 28.8 Å². The summed E-state index contributed by atoms with van der Waals surface area (Å²) < 4.78 is 16.7. The lowest BCUT2D eigenvalue weighted by atomic mass is 10.0. The van der Waals surface area contributed by atoms with Crippen LogP contribution in [-0.4, -0.2) is 49.1 Å². The van der Waals surface area contributed by atoms with E-state index in [2.05, 4.69) is 17.0 Å². The average Bonchev–Trinajstić information content (AvgIpc) is 3.56. The van der Waals surface area contributed by atoms with Gasteiger partial charge in [-0.3, -0.25) is 9.59 Å². The first kappa shape index (κ1) is 22.5. The number of amides is 1. The first-order chi connectivity index (χ1) is 16.4. The second kappa shape index (κ2) is 8.81. The molecule has 1 saturated carbocycles. The maximum absolute atomic E-state index is 15.0. The zero-order valence-corrected chi connectivity index (χ0v) is 19.5. The second-order valence-electron chi connectivity index (χ2n) is 9.51. The summed E-state index contributed by atoms with van der Waals surface area (Å²) in [5, 5.41) is 13.7. The number of carboxylic acids is 1. The fourth-order valence-corrected chi connectivity index (χ4v) is 5.06. The summed E-state index contributed by atoms with van der Waals surface area (Å²) >= 11 is 0. The van der Waals surface area contributed by atoms with Crippen molar-refractivity contribution in [2.24, 2.45) is 5.92 Å². The molecule has 3 atom stereocenters. The van der Waals surface area contributed by atoms with Crippen LogP contribution < -0.4 is 0 Å². The fourth-order valence-electron chi connectivity index (χ4n) is 5.06. The van der Waals surface area contributed by atoms with Crippen LogP contribution in [0.5, 0.6) is 0 Å². The minimum absolute atomic E-state index is 0.0673. The number of aryl methyl sites for hydroxylation is 1. The lowest BCUT2D eigenvalue weighted by molar-refractivity contribution is -0.138. The largest absolute Gasteiger partial charge is 0.481 e. The van der Waals surface area contributed by atoms with E-state index >= 15 is 4.39 Å². The van der Waals surface area contributed by atoms with Crippen molar-refractivity contribution in [3.05, 3.63) is 53.1 Å². The molecule has 2 fully saturated rings. The van der Waals surface area contributed by atoms with Crippen molar-refractivity contribution in [3.8, 4) is 11.3 Å². The summed E-state index contributed by atoms with van der Waals surface area (Å²) in [5.41, 5.74) is 3.21. The molecule has 2 aliphatic rings. The molecule has 1 aliphatic heterocycles. The van der Waals surface area contributed by atoms with Gasteiger partial charge in [0, 0.05) is 29.9 Å². The Kier molecular flexibility index (Phi) is 5.83. The number of carbonyl (C=O) groups excluding carboxylic acids is 1. The highest BCUT2D eigenvalue weighted by Gasteiger charge is 2.44. The third kappa shape index (κ3) is 4.06. The number of likely N-dealkylation sites (tertiary alicyclic amines) is 1. The van der Waals surface area contributed by atoms with Crippen LogP contribution in [0.4, 0.5) is 4.39 Å². The molecule has 5 rings (SSSR count). The number of hydrogen-bond donors (Lipinski definition) is 1. The average molecular weight is 465 g/mol. The number of carbonyl (C=O) groups is 2. The quantitative estimate of drug-likeness (QED) is 0.592. The van der Waals surface area contributed by atoms with Gasteiger partial charge in [-0.25, -0.2) is 13.9 Å². The Morgan fingerprint density at radius 1 is 1.18 bits per heavy atom. The number of halogens is 1. The molecule has 0 radical (unpaired) electrons. The van der Waals surface area contributed by atoms with Crippen LogP contribution in [-0.2, 0) is 11.2 Å². The van der Waals surface area contributed by atoms with Crippen molar-refractivity contribution in [2.45, 2.75) is 64.3 Å². The van der Waals surface area contributed by atoms with E-state index in [0.717, 1.165) is 37.9 Å². The Labute approximate surface area is 197 Å². The van der Waals surface area contributed by atoms with Crippen molar-refractivity contribution >= 4 is 17.5 Å². The molecular formula is C26H29FN4O3. The van der Waals surface area contributed by atoms with Crippen LogP contribution in [0, 0.1) is 11.7 Å². The summed E-state index contributed by atoms with van der Waals surface area (Å²) in [7, 11) is 0. The molecule has 0 bridgehead atoms. The van der Waals surface area contributed by atoms with Crippen molar-refractivity contribution in [2.75, 3.05) is 6.54 Å². The molecule has 7 nitrogen and oxygen atoms in total. The van der Waals surface area contributed by atoms with E-state index in [9.17, 15) is 9.59 Å². The van der Waals surface area contributed by atoms with Crippen molar-refractivity contribution in [1.82, 2.24) is 19.5 Å². The molecule has 1 N–H and O–H groups in total. The number of carboxylic acid groups (broad SMARTS) is 1. The lowest BCUT2D eigenvalue weighted by Gasteiger charge is -2.27. The Hall–Kier alpha value is -3.29. The van der Waals surface area contributed by atoms with Gasteiger partial charge in [0.2, 0.25) is 0 Å². The molecule has 1 aromatic carbocycles. The molecule has 8 heteroatoms. The molecule has 178 valence electrons. The monoisotopic (exact) mass is 464 g/mol. The van der Waals surface area contributed by atoms with Gasteiger partial charge in [-0.15, -0.1) is 0 Å². The van der Waals surface area contributed by atoms with Gasteiger partial charge in [-0.2, -0.15) is 5.10 Å². The zero-order chi connectivity index (χ0) is 24.0. The summed E-state index contributed by atoms with van der Waals surface area (Å²) in [5.74, 6) is -1.91. The van der Waals surface area contributed by atoms with E-state index < -0.39 is 17.7 Å². The number of aromatic nitrogens is 3. The van der Waals surface area contributed by atoms with Gasteiger partial charge in [0.1, 0.15) is 11.5 Å². The SMILES string of the molecule is CCc1cc(C(=O)N2CCCCC[C@H]2C)nc2cc(-c3ccc(C4C[C@H]4C(=O)O)cc3F)nn12. The van der Waals surface area contributed by atoms with E-state index in [-0.39, 0.29) is 17.9 Å². The highest BCUT2D eigenvalue weighted by Crippen LogP contribution is 2.48. The van der Waals surface area contributed by atoms with Gasteiger partial charge in [0.15, 0.2) is 5.65 Å². The Bertz CT molecular complexity index is 1270. The Balaban J connectivity index is 1.47. The summed E-state index contributed by atoms with van der Waals surface area (Å²) in [6.45, 7) is 4.81. The summed E-state index contributed by atoms with van der Waals surface area (Å²) in [6.07, 6.45) is 5.45. The molecule has 1 amide bonds. The smallest absolute Gasteiger partial charge is 0.307 e. The minimum Gasteiger partial charge on any atom is -0.481 e. The summed E-state index contributed by atoms with van der Waals surface area (Å²) in [4.78, 5) is 31.0. The number of nitrogens with zero attached hydrogens (tertiary/aromatic N) is 4. The van der Waals surface area contributed by atoms with E-state index in [4.69, 9.17) is 5.11 Å². The molecule has 34 heavy (non-hydrogen) atoms. The Morgan fingerprint density at radius 2 is 2.00 bits per heavy atom. The van der Waals surface area contributed by atoms with E-state index in [1.807, 2.05) is 11.8 Å². The van der Waals surface area contributed by atoms with Crippen LogP contribution in [0.1, 0.15) is 73.6 Å². The van der Waals surface area contributed by atoms with Crippen molar-refractivity contribution in [3.63, 3.8) is 0 Å². The zero-order valence-electron chi connectivity index (χ0n) is 19.5. The number of benzene rings is 1. The van der Waals surface area contributed by atoms with Gasteiger partial charge in [-0.1, -0.05) is 25.8 Å².